The molecule has 0 bridgehead atoms. The van der Waals surface area contributed by atoms with E-state index in [9.17, 15) is 9.18 Å². The van der Waals surface area contributed by atoms with Crippen LogP contribution < -0.4 is 10.6 Å². The molecule has 88 valence electrons. The molecule has 0 heterocycles. The maximum absolute atomic E-state index is 12.7. The van der Waals surface area contributed by atoms with Crippen molar-refractivity contribution < 1.29 is 14.3 Å². The number of carbonyl (C=O) groups excluding carboxylic acids is 1. The summed E-state index contributed by atoms with van der Waals surface area (Å²) in [6.07, 6.45) is 0. The molecule has 0 aromatic heterocycles. The lowest BCUT2D eigenvalue weighted by molar-refractivity contribution is 0.229. The summed E-state index contributed by atoms with van der Waals surface area (Å²) in [5.74, 6) is -0.473. The predicted octanol–water partition coefficient (Wildman–Crippen LogP) is 1.98. The quantitative estimate of drug-likeness (QED) is 0.764. The van der Waals surface area contributed by atoms with Crippen LogP contribution in [0, 0.1) is 5.82 Å². The number of urea groups is 1. The van der Waals surface area contributed by atoms with Gasteiger partial charge in [-0.1, -0.05) is 11.6 Å². The zero-order valence-corrected chi connectivity index (χ0v) is 9.38. The minimum atomic E-state index is -0.505. The smallest absolute Gasteiger partial charge is 0.319 e. The van der Waals surface area contributed by atoms with Gasteiger partial charge in [0.1, 0.15) is 5.82 Å². The molecule has 1 rings (SSSR count). The summed E-state index contributed by atoms with van der Waals surface area (Å²) in [7, 11) is 0. The molecule has 0 saturated heterocycles. The number of amides is 2. The molecule has 0 radical (unpaired) electrons. The standard InChI is InChI=1S/C10H12ClFN2O2/c1-6(5-15)13-10(16)14-9-3-2-7(12)4-8(9)11/h2-4,6,15H,5H2,1H3,(H2,13,14,16)/t6-/m0/s1. The van der Waals surface area contributed by atoms with Crippen molar-refractivity contribution in [3.63, 3.8) is 0 Å². The average molecular weight is 247 g/mol. The zero-order chi connectivity index (χ0) is 12.1. The second-order valence-corrected chi connectivity index (χ2v) is 3.71. The maximum Gasteiger partial charge on any atom is 0.319 e. The number of anilines is 1. The van der Waals surface area contributed by atoms with E-state index in [1.807, 2.05) is 0 Å². The van der Waals surface area contributed by atoms with Crippen molar-refractivity contribution in [1.29, 1.82) is 0 Å². The lowest BCUT2D eigenvalue weighted by Crippen LogP contribution is -2.38. The molecule has 1 aromatic carbocycles. The van der Waals surface area contributed by atoms with E-state index in [1.54, 1.807) is 6.92 Å². The fraction of sp³-hybridized carbons (Fsp3) is 0.300. The van der Waals surface area contributed by atoms with Crippen molar-refractivity contribution in [2.75, 3.05) is 11.9 Å². The van der Waals surface area contributed by atoms with E-state index in [0.29, 0.717) is 5.69 Å². The maximum atomic E-state index is 12.7. The molecule has 4 nitrogen and oxygen atoms in total. The molecule has 0 aliphatic heterocycles. The van der Waals surface area contributed by atoms with Crippen molar-refractivity contribution in [2.45, 2.75) is 13.0 Å². The topological polar surface area (TPSA) is 61.4 Å². The van der Waals surface area contributed by atoms with E-state index in [2.05, 4.69) is 10.6 Å². The van der Waals surface area contributed by atoms with Crippen LogP contribution in [-0.4, -0.2) is 23.8 Å². The van der Waals surface area contributed by atoms with Gasteiger partial charge in [-0.05, 0) is 25.1 Å². The molecule has 3 N–H and O–H groups in total. The minimum absolute atomic E-state index is 0.117. The first-order valence-corrected chi connectivity index (χ1v) is 5.04. The van der Waals surface area contributed by atoms with Gasteiger partial charge in [0.15, 0.2) is 0 Å². The highest BCUT2D eigenvalue weighted by molar-refractivity contribution is 6.33. The molecule has 6 heteroatoms. The van der Waals surface area contributed by atoms with Crippen molar-refractivity contribution in [3.8, 4) is 0 Å². The summed E-state index contributed by atoms with van der Waals surface area (Å²) >= 11 is 5.71. The number of rotatable bonds is 3. The monoisotopic (exact) mass is 246 g/mol. The molecule has 0 saturated carbocycles. The number of halogens is 2. The van der Waals surface area contributed by atoms with E-state index in [0.717, 1.165) is 6.07 Å². The van der Waals surface area contributed by atoms with Gasteiger partial charge in [-0.2, -0.15) is 0 Å². The second-order valence-electron chi connectivity index (χ2n) is 3.31. The highest BCUT2D eigenvalue weighted by Crippen LogP contribution is 2.22. The lowest BCUT2D eigenvalue weighted by Gasteiger charge is -2.12. The summed E-state index contributed by atoms with van der Waals surface area (Å²) in [5.41, 5.74) is 0.311. The summed E-state index contributed by atoms with van der Waals surface area (Å²) in [6.45, 7) is 1.48. The number of hydrogen-bond donors (Lipinski definition) is 3. The fourth-order valence-corrected chi connectivity index (χ4v) is 1.23. The molecule has 16 heavy (non-hydrogen) atoms. The Morgan fingerprint density at radius 1 is 1.62 bits per heavy atom. The summed E-state index contributed by atoms with van der Waals surface area (Å²) in [6, 6.07) is 2.79. The Bertz CT molecular complexity index is 387. The van der Waals surface area contributed by atoms with Crippen LogP contribution in [0.15, 0.2) is 18.2 Å². The van der Waals surface area contributed by atoms with Crippen LogP contribution in [-0.2, 0) is 0 Å². The first-order chi connectivity index (χ1) is 7.52. The molecule has 0 aliphatic carbocycles. The Balaban J connectivity index is 2.63. The number of hydrogen-bond acceptors (Lipinski definition) is 2. The van der Waals surface area contributed by atoms with E-state index in [-0.39, 0.29) is 17.7 Å². The van der Waals surface area contributed by atoms with Crippen LogP contribution in [0.1, 0.15) is 6.92 Å². The predicted molar refractivity (Wildman–Crippen MR) is 60.1 cm³/mol. The first kappa shape index (κ1) is 12.7. The van der Waals surface area contributed by atoms with Gasteiger partial charge in [0, 0.05) is 0 Å². The zero-order valence-electron chi connectivity index (χ0n) is 8.63. The summed E-state index contributed by atoms with van der Waals surface area (Å²) in [5, 5.41) is 13.8. The third-order valence-corrected chi connectivity index (χ3v) is 2.14. The Hall–Kier alpha value is -1.33. The second kappa shape index (κ2) is 5.67. The fourth-order valence-electron chi connectivity index (χ4n) is 1.02. The van der Waals surface area contributed by atoms with Crippen LogP contribution >= 0.6 is 11.6 Å². The summed E-state index contributed by atoms with van der Waals surface area (Å²) < 4.78 is 12.7. The Labute approximate surface area is 97.4 Å². The summed E-state index contributed by atoms with van der Waals surface area (Å²) in [4.78, 5) is 11.3. The Morgan fingerprint density at radius 2 is 2.31 bits per heavy atom. The minimum Gasteiger partial charge on any atom is -0.394 e. The van der Waals surface area contributed by atoms with Crippen LogP contribution in [0.3, 0.4) is 0 Å². The molecule has 1 aromatic rings. The number of carbonyl (C=O) groups is 1. The highest BCUT2D eigenvalue weighted by atomic mass is 35.5. The van der Waals surface area contributed by atoms with Gasteiger partial charge in [0.25, 0.3) is 0 Å². The largest absolute Gasteiger partial charge is 0.394 e. The van der Waals surface area contributed by atoms with Crippen LogP contribution in [0.25, 0.3) is 0 Å². The van der Waals surface area contributed by atoms with Gasteiger partial charge in [-0.3, -0.25) is 0 Å². The van der Waals surface area contributed by atoms with Crippen LogP contribution in [0.2, 0.25) is 5.02 Å². The third kappa shape index (κ3) is 3.67. The van der Waals surface area contributed by atoms with Crippen molar-refractivity contribution in [2.24, 2.45) is 0 Å². The first-order valence-electron chi connectivity index (χ1n) is 4.66. The molecule has 0 fully saturated rings. The molecular weight excluding hydrogens is 235 g/mol. The molecular formula is C10H12ClFN2O2. The molecule has 0 spiro atoms. The molecule has 1 atom stereocenters. The number of benzene rings is 1. The van der Waals surface area contributed by atoms with Gasteiger partial charge >= 0.3 is 6.03 Å². The van der Waals surface area contributed by atoms with Gasteiger partial charge in [-0.15, -0.1) is 0 Å². The van der Waals surface area contributed by atoms with Crippen LogP contribution in [0.4, 0.5) is 14.9 Å². The molecule has 2 amide bonds. The van der Waals surface area contributed by atoms with Gasteiger partial charge in [0.2, 0.25) is 0 Å². The number of aliphatic hydroxyl groups excluding tert-OH is 1. The van der Waals surface area contributed by atoms with Crippen LogP contribution in [0.5, 0.6) is 0 Å². The Kier molecular flexibility index (Phi) is 4.52. The highest BCUT2D eigenvalue weighted by Gasteiger charge is 2.08. The molecule has 0 aliphatic rings. The van der Waals surface area contributed by atoms with Crippen molar-refractivity contribution in [1.82, 2.24) is 5.32 Å². The van der Waals surface area contributed by atoms with E-state index < -0.39 is 11.8 Å². The van der Waals surface area contributed by atoms with E-state index in [4.69, 9.17) is 16.7 Å². The normalized spacial score (nSPS) is 12.0. The average Bonchev–Trinajstić information content (AvgIpc) is 2.22. The van der Waals surface area contributed by atoms with Gasteiger partial charge < -0.3 is 15.7 Å². The third-order valence-electron chi connectivity index (χ3n) is 1.83. The van der Waals surface area contributed by atoms with Crippen molar-refractivity contribution in [3.05, 3.63) is 29.0 Å². The SMILES string of the molecule is C[C@@H](CO)NC(=O)Nc1ccc(F)cc1Cl. The van der Waals surface area contributed by atoms with E-state index in [1.165, 1.54) is 12.1 Å². The van der Waals surface area contributed by atoms with E-state index >= 15 is 0 Å². The van der Waals surface area contributed by atoms with Gasteiger partial charge in [-0.25, -0.2) is 9.18 Å². The number of aliphatic hydroxyl groups is 1. The Morgan fingerprint density at radius 3 is 2.88 bits per heavy atom. The number of nitrogens with one attached hydrogen (secondary N) is 2. The van der Waals surface area contributed by atoms with Crippen molar-refractivity contribution >= 4 is 23.3 Å². The lowest BCUT2D eigenvalue weighted by atomic mass is 10.3. The van der Waals surface area contributed by atoms with Gasteiger partial charge in [0.05, 0.1) is 23.4 Å². The molecule has 0 unspecified atom stereocenters.